The molecule has 1 aromatic carbocycles. The van der Waals surface area contributed by atoms with Crippen LogP contribution in [0.4, 0.5) is 5.69 Å². The summed E-state index contributed by atoms with van der Waals surface area (Å²) < 4.78 is 35.1. The number of rotatable bonds is 6. The van der Waals surface area contributed by atoms with Gasteiger partial charge < -0.3 is 15.2 Å². The van der Waals surface area contributed by atoms with Crippen LogP contribution in [0, 0.1) is 0 Å². The average Bonchev–Trinajstić information content (AvgIpc) is 2.82. The average molecular weight is 299 g/mol. The fourth-order valence-electron chi connectivity index (χ4n) is 2.39. The van der Waals surface area contributed by atoms with Crippen LogP contribution in [-0.4, -0.2) is 38.7 Å². The number of hydrogen-bond acceptors (Lipinski definition) is 5. The fraction of sp³-hybridized carbons (Fsp3) is 0.571. The SMILES string of the molecule is CC1OCCC1S(=O)(=O)CCCOc1cccc(N)c1. The molecule has 1 saturated heterocycles. The van der Waals surface area contributed by atoms with E-state index < -0.39 is 9.84 Å². The lowest BCUT2D eigenvalue weighted by Crippen LogP contribution is -2.30. The summed E-state index contributed by atoms with van der Waals surface area (Å²) in [4.78, 5) is 0. The second-order valence-corrected chi connectivity index (χ2v) is 7.38. The van der Waals surface area contributed by atoms with E-state index in [0.29, 0.717) is 37.5 Å². The predicted octanol–water partition coefficient (Wildman–Crippen LogP) is 1.63. The summed E-state index contributed by atoms with van der Waals surface area (Å²) in [7, 11) is -3.10. The van der Waals surface area contributed by atoms with Crippen molar-refractivity contribution in [2.24, 2.45) is 0 Å². The highest BCUT2D eigenvalue weighted by atomic mass is 32.2. The molecule has 0 aliphatic carbocycles. The number of sulfone groups is 1. The number of nitrogen functional groups attached to an aromatic ring is 1. The molecule has 112 valence electrons. The molecule has 0 spiro atoms. The monoisotopic (exact) mass is 299 g/mol. The Labute approximate surface area is 120 Å². The van der Waals surface area contributed by atoms with E-state index >= 15 is 0 Å². The van der Waals surface area contributed by atoms with E-state index in [1.54, 1.807) is 24.3 Å². The van der Waals surface area contributed by atoms with Crippen molar-refractivity contribution in [2.45, 2.75) is 31.1 Å². The summed E-state index contributed by atoms with van der Waals surface area (Å²) in [5, 5.41) is -0.366. The summed E-state index contributed by atoms with van der Waals surface area (Å²) in [6, 6.07) is 7.11. The van der Waals surface area contributed by atoms with E-state index in [2.05, 4.69) is 0 Å². The van der Waals surface area contributed by atoms with Gasteiger partial charge in [-0.3, -0.25) is 0 Å². The van der Waals surface area contributed by atoms with Gasteiger partial charge in [0.05, 0.1) is 23.7 Å². The van der Waals surface area contributed by atoms with Crippen LogP contribution in [0.15, 0.2) is 24.3 Å². The van der Waals surface area contributed by atoms with E-state index in [1.807, 2.05) is 6.92 Å². The van der Waals surface area contributed by atoms with Crippen molar-refractivity contribution in [1.29, 1.82) is 0 Å². The number of anilines is 1. The third-order valence-electron chi connectivity index (χ3n) is 3.47. The van der Waals surface area contributed by atoms with E-state index in [4.69, 9.17) is 15.2 Å². The number of benzene rings is 1. The standard InChI is InChI=1S/C14H21NO4S/c1-11-14(6-8-18-11)20(16,17)9-3-7-19-13-5-2-4-12(15)10-13/h2,4-5,10-11,14H,3,6-9,15H2,1H3. The molecule has 2 rings (SSSR count). The van der Waals surface area contributed by atoms with Crippen molar-refractivity contribution < 1.29 is 17.9 Å². The summed E-state index contributed by atoms with van der Waals surface area (Å²) in [5.41, 5.74) is 6.27. The molecule has 1 aromatic rings. The fourth-order valence-corrected chi connectivity index (χ4v) is 4.33. The first kappa shape index (κ1) is 15.1. The quantitative estimate of drug-likeness (QED) is 0.638. The maximum Gasteiger partial charge on any atom is 0.155 e. The Morgan fingerprint density at radius 1 is 1.45 bits per heavy atom. The van der Waals surface area contributed by atoms with Crippen LogP contribution in [0.3, 0.4) is 0 Å². The summed E-state index contributed by atoms with van der Waals surface area (Å²) in [6.45, 7) is 2.72. The molecule has 0 saturated carbocycles. The van der Waals surface area contributed by atoms with Gasteiger partial charge in [-0.25, -0.2) is 8.42 Å². The lowest BCUT2D eigenvalue weighted by Gasteiger charge is -2.15. The first-order valence-electron chi connectivity index (χ1n) is 6.80. The molecule has 0 bridgehead atoms. The lowest BCUT2D eigenvalue weighted by atomic mass is 10.3. The topological polar surface area (TPSA) is 78.6 Å². The molecule has 2 N–H and O–H groups in total. The normalized spacial score (nSPS) is 22.9. The Kier molecular flexibility index (Phi) is 4.88. The van der Waals surface area contributed by atoms with Crippen LogP contribution in [0.5, 0.6) is 5.75 Å². The molecule has 6 heteroatoms. The Morgan fingerprint density at radius 2 is 2.25 bits per heavy atom. The zero-order valence-electron chi connectivity index (χ0n) is 11.6. The maximum absolute atomic E-state index is 12.2. The van der Waals surface area contributed by atoms with Crippen molar-refractivity contribution in [3.05, 3.63) is 24.3 Å². The molecule has 5 nitrogen and oxygen atoms in total. The summed E-state index contributed by atoms with van der Waals surface area (Å²) >= 11 is 0. The molecule has 0 radical (unpaired) electrons. The van der Waals surface area contributed by atoms with Crippen LogP contribution in [-0.2, 0) is 14.6 Å². The van der Waals surface area contributed by atoms with Crippen LogP contribution in [0.2, 0.25) is 0 Å². The smallest absolute Gasteiger partial charge is 0.155 e. The van der Waals surface area contributed by atoms with Gasteiger partial charge >= 0.3 is 0 Å². The molecule has 2 atom stereocenters. The predicted molar refractivity (Wildman–Crippen MR) is 78.6 cm³/mol. The zero-order valence-corrected chi connectivity index (χ0v) is 12.4. The minimum absolute atomic E-state index is 0.133. The molecular weight excluding hydrogens is 278 g/mol. The first-order chi connectivity index (χ1) is 9.49. The molecule has 1 aliphatic heterocycles. The van der Waals surface area contributed by atoms with Gasteiger partial charge in [0.15, 0.2) is 9.84 Å². The first-order valence-corrected chi connectivity index (χ1v) is 8.52. The molecule has 1 heterocycles. The second kappa shape index (κ2) is 6.45. The minimum Gasteiger partial charge on any atom is -0.493 e. The molecule has 20 heavy (non-hydrogen) atoms. The number of hydrogen-bond donors (Lipinski definition) is 1. The van der Waals surface area contributed by atoms with Crippen LogP contribution in [0.1, 0.15) is 19.8 Å². The highest BCUT2D eigenvalue weighted by molar-refractivity contribution is 7.92. The highest BCUT2D eigenvalue weighted by Crippen LogP contribution is 2.22. The van der Waals surface area contributed by atoms with Gasteiger partial charge in [-0.1, -0.05) is 6.07 Å². The van der Waals surface area contributed by atoms with E-state index in [1.165, 1.54) is 0 Å². The Balaban J connectivity index is 1.78. The van der Waals surface area contributed by atoms with Gasteiger partial charge in [-0.05, 0) is 31.9 Å². The van der Waals surface area contributed by atoms with Gasteiger partial charge in [-0.2, -0.15) is 0 Å². The van der Waals surface area contributed by atoms with Crippen molar-refractivity contribution in [3.8, 4) is 5.75 Å². The van der Waals surface area contributed by atoms with Crippen molar-refractivity contribution in [1.82, 2.24) is 0 Å². The lowest BCUT2D eigenvalue weighted by molar-refractivity contribution is 0.126. The number of ether oxygens (including phenoxy) is 2. The van der Waals surface area contributed by atoms with Crippen LogP contribution < -0.4 is 10.5 Å². The minimum atomic E-state index is -3.10. The van der Waals surface area contributed by atoms with Crippen LogP contribution in [0.25, 0.3) is 0 Å². The zero-order chi connectivity index (χ0) is 14.6. The van der Waals surface area contributed by atoms with Crippen molar-refractivity contribution >= 4 is 15.5 Å². The van der Waals surface area contributed by atoms with Gasteiger partial charge in [0.25, 0.3) is 0 Å². The van der Waals surface area contributed by atoms with Gasteiger partial charge in [0.2, 0.25) is 0 Å². The third-order valence-corrected chi connectivity index (χ3v) is 5.87. The van der Waals surface area contributed by atoms with Gasteiger partial charge in [0.1, 0.15) is 5.75 Å². The molecule has 2 unspecified atom stereocenters. The molecule has 1 aliphatic rings. The van der Waals surface area contributed by atoms with Gasteiger partial charge in [0, 0.05) is 18.4 Å². The summed E-state index contributed by atoms with van der Waals surface area (Å²) in [6.07, 6.45) is 0.870. The third kappa shape index (κ3) is 3.86. The number of nitrogens with two attached hydrogens (primary N) is 1. The van der Waals surface area contributed by atoms with Crippen LogP contribution >= 0.6 is 0 Å². The molecule has 0 aromatic heterocycles. The Bertz CT molecular complexity index is 544. The highest BCUT2D eigenvalue weighted by Gasteiger charge is 2.35. The van der Waals surface area contributed by atoms with E-state index in [0.717, 1.165) is 0 Å². The largest absolute Gasteiger partial charge is 0.493 e. The van der Waals surface area contributed by atoms with Crippen molar-refractivity contribution in [3.63, 3.8) is 0 Å². The molecule has 0 amide bonds. The second-order valence-electron chi connectivity index (χ2n) is 5.04. The summed E-state index contributed by atoms with van der Waals surface area (Å²) in [5.74, 6) is 0.799. The molecular formula is C14H21NO4S. The molecule has 1 fully saturated rings. The maximum atomic E-state index is 12.2. The van der Waals surface area contributed by atoms with Gasteiger partial charge in [-0.15, -0.1) is 0 Å². The Hall–Kier alpha value is -1.27. The van der Waals surface area contributed by atoms with E-state index in [-0.39, 0.29) is 17.1 Å². The van der Waals surface area contributed by atoms with E-state index in [9.17, 15) is 8.42 Å². The van der Waals surface area contributed by atoms with Crippen molar-refractivity contribution in [2.75, 3.05) is 24.7 Å². The Morgan fingerprint density at radius 3 is 2.90 bits per heavy atom.